The predicted octanol–water partition coefficient (Wildman–Crippen LogP) is 2.33. The largest absolute Gasteiger partial charge is 0.306 e. The summed E-state index contributed by atoms with van der Waals surface area (Å²) in [7, 11) is 1.94. The third kappa shape index (κ3) is 2.43. The molecule has 0 saturated heterocycles. The minimum Gasteiger partial charge on any atom is -0.306 e. The van der Waals surface area contributed by atoms with Crippen molar-refractivity contribution in [2.75, 3.05) is 6.54 Å². The molecule has 1 N–H and O–H groups in total. The summed E-state index contributed by atoms with van der Waals surface area (Å²) in [4.78, 5) is 4.66. The zero-order valence-electron chi connectivity index (χ0n) is 11.4. The van der Waals surface area contributed by atoms with E-state index in [0.29, 0.717) is 0 Å². The molecule has 4 heteroatoms. The number of hydrogen-bond donors (Lipinski definition) is 1. The first-order chi connectivity index (χ1) is 8.54. The standard InChI is InChI=1S/C14H20N4/c1-5-15-14(2,3)13-16-12(17-18(13)4)11-9-7-6-8-10-11/h6-10,15H,5H2,1-4H3. The molecule has 1 aromatic heterocycles. The van der Waals surface area contributed by atoms with Crippen molar-refractivity contribution < 1.29 is 0 Å². The van der Waals surface area contributed by atoms with Crippen molar-refractivity contribution in [1.82, 2.24) is 20.1 Å². The second-order valence-corrected chi connectivity index (χ2v) is 4.90. The molecule has 4 nitrogen and oxygen atoms in total. The van der Waals surface area contributed by atoms with Gasteiger partial charge in [-0.05, 0) is 20.4 Å². The summed E-state index contributed by atoms with van der Waals surface area (Å²) in [5.41, 5.74) is 0.871. The topological polar surface area (TPSA) is 42.7 Å². The number of benzene rings is 1. The Balaban J connectivity index is 2.39. The van der Waals surface area contributed by atoms with Crippen LogP contribution in [0.25, 0.3) is 11.4 Å². The Kier molecular flexibility index (Phi) is 3.48. The molecule has 2 aromatic rings. The second-order valence-electron chi connectivity index (χ2n) is 4.90. The maximum atomic E-state index is 4.66. The van der Waals surface area contributed by atoms with Gasteiger partial charge in [0.05, 0.1) is 5.54 Å². The molecule has 18 heavy (non-hydrogen) atoms. The number of nitrogens with one attached hydrogen (secondary N) is 1. The molecular weight excluding hydrogens is 224 g/mol. The van der Waals surface area contributed by atoms with Gasteiger partial charge in [-0.15, -0.1) is 0 Å². The number of nitrogens with zero attached hydrogens (tertiary/aromatic N) is 3. The fraction of sp³-hybridized carbons (Fsp3) is 0.429. The maximum absolute atomic E-state index is 4.66. The molecule has 0 aliphatic heterocycles. The lowest BCUT2D eigenvalue weighted by Crippen LogP contribution is -2.38. The molecule has 0 fully saturated rings. The smallest absolute Gasteiger partial charge is 0.181 e. The zero-order chi connectivity index (χ0) is 13.2. The lowest BCUT2D eigenvalue weighted by molar-refractivity contribution is 0.375. The van der Waals surface area contributed by atoms with Crippen LogP contribution in [-0.4, -0.2) is 21.3 Å². The Morgan fingerprint density at radius 2 is 1.89 bits per heavy atom. The van der Waals surface area contributed by atoms with Gasteiger partial charge in [-0.1, -0.05) is 37.3 Å². The van der Waals surface area contributed by atoms with Crippen LogP contribution in [0.1, 0.15) is 26.6 Å². The highest BCUT2D eigenvalue weighted by molar-refractivity contribution is 5.54. The molecule has 0 radical (unpaired) electrons. The van der Waals surface area contributed by atoms with E-state index in [-0.39, 0.29) is 5.54 Å². The van der Waals surface area contributed by atoms with E-state index in [1.54, 1.807) is 0 Å². The van der Waals surface area contributed by atoms with E-state index in [9.17, 15) is 0 Å². The maximum Gasteiger partial charge on any atom is 0.181 e. The molecule has 96 valence electrons. The molecule has 0 atom stereocenters. The summed E-state index contributed by atoms with van der Waals surface area (Å²) in [5, 5.41) is 7.92. The van der Waals surface area contributed by atoms with Gasteiger partial charge in [0.2, 0.25) is 0 Å². The summed E-state index contributed by atoms with van der Waals surface area (Å²) in [6, 6.07) is 10.1. The van der Waals surface area contributed by atoms with Crippen LogP contribution in [0.5, 0.6) is 0 Å². The summed E-state index contributed by atoms with van der Waals surface area (Å²) >= 11 is 0. The lowest BCUT2D eigenvalue weighted by atomic mass is 10.0. The molecule has 1 aromatic carbocycles. The van der Waals surface area contributed by atoms with Crippen LogP contribution in [0.3, 0.4) is 0 Å². The van der Waals surface area contributed by atoms with Crippen molar-refractivity contribution in [3.8, 4) is 11.4 Å². The Morgan fingerprint density at radius 1 is 1.22 bits per heavy atom. The van der Waals surface area contributed by atoms with Gasteiger partial charge in [-0.2, -0.15) is 5.10 Å². The van der Waals surface area contributed by atoms with Crippen molar-refractivity contribution in [1.29, 1.82) is 0 Å². The Morgan fingerprint density at radius 3 is 2.50 bits per heavy atom. The molecule has 0 saturated carbocycles. The zero-order valence-corrected chi connectivity index (χ0v) is 11.4. The first-order valence-electron chi connectivity index (χ1n) is 6.26. The summed E-state index contributed by atoms with van der Waals surface area (Å²) in [6.07, 6.45) is 0. The molecule has 0 amide bonds. The first kappa shape index (κ1) is 12.8. The van der Waals surface area contributed by atoms with Crippen LogP contribution in [-0.2, 0) is 12.6 Å². The van der Waals surface area contributed by atoms with Crippen LogP contribution < -0.4 is 5.32 Å². The predicted molar refractivity (Wildman–Crippen MR) is 73.1 cm³/mol. The minimum atomic E-state index is -0.177. The number of aromatic nitrogens is 3. The summed E-state index contributed by atoms with van der Waals surface area (Å²) in [6.45, 7) is 7.24. The molecule has 1 heterocycles. The summed E-state index contributed by atoms with van der Waals surface area (Å²) in [5.74, 6) is 1.72. The van der Waals surface area contributed by atoms with Crippen LogP contribution >= 0.6 is 0 Å². The van der Waals surface area contributed by atoms with Crippen LogP contribution in [0, 0.1) is 0 Å². The highest BCUT2D eigenvalue weighted by atomic mass is 15.3. The second kappa shape index (κ2) is 4.90. The van der Waals surface area contributed by atoms with Gasteiger partial charge in [0.25, 0.3) is 0 Å². The Bertz CT molecular complexity index is 514. The monoisotopic (exact) mass is 244 g/mol. The molecule has 0 aliphatic rings. The van der Waals surface area contributed by atoms with Crippen molar-refractivity contribution in [3.63, 3.8) is 0 Å². The number of rotatable bonds is 4. The highest BCUT2D eigenvalue weighted by Crippen LogP contribution is 2.21. The van der Waals surface area contributed by atoms with E-state index in [4.69, 9.17) is 0 Å². The van der Waals surface area contributed by atoms with Gasteiger partial charge in [0, 0.05) is 12.6 Å². The van der Waals surface area contributed by atoms with Crippen molar-refractivity contribution in [2.24, 2.45) is 7.05 Å². The van der Waals surface area contributed by atoms with Crippen LogP contribution in [0.15, 0.2) is 30.3 Å². The van der Waals surface area contributed by atoms with Gasteiger partial charge in [-0.25, -0.2) is 4.98 Å². The summed E-state index contributed by atoms with van der Waals surface area (Å²) < 4.78 is 1.85. The third-order valence-electron chi connectivity index (χ3n) is 2.97. The van der Waals surface area contributed by atoms with E-state index in [0.717, 1.165) is 23.8 Å². The van der Waals surface area contributed by atoms with Crippen molar-refractivity contribution in [3.05, 3.63) is 36.2 Å². The van der Waals surface area contributed by atoms with E-state index >= 15 is 0 Å². The number of aryl methyl sites for hydroxylation is 1. The SMILES string of the molecule is CCNC(C)(C)c1nc(-c2ccccc2)nn1C. The lowest BCUT2D eigenvalue weighted by Gasteiger charge is -2.24. The van der Waals surface area contributed by atoms with Crippen molar-refractivity contribution >= 4 is 0 Å². The first-order valence-corrected chi connectivity index (χ1v) is 6.26. The normalized spacial score (nSPS) is 11.8. The quantitative estimate of drug-likeness (QED) is 0.897. The molecule has 0 aliphatic carbocycles. The van der Waals surface area contributed by atoms with E-state index < -0.39 is 0 Å². The van der Waals surface area contributed by atoms with E-state index in [2.05, 4.69) is 36.2 Å². The minimum absolute atomic E-state index is 0.177. The van der Waals surface area contributed by atoms with Gasteiger partial charge in [-0.3, -0.25) is 4.68 Å². The third-order valence-corrected chi connectivity index (χ3v) is 2.97. The number of hydrogen-bond acceptors (Lipinski definition) is 3. The fourth-order valence-corrected chi connectivity index (χ4v) is 2.16. The van der Waals surface area contributed by atoms with Crippen LogP contribution in [0.2, 0.25) is 0 Å². The van der Waals surface area contributed by atoms with Gasteiger partial charge >= 0.3 is 0 Å². The Labute approximate surface area is 108 Å². The van der Waals surface area contributed by atoms with Gasteiger partial charge in [0.15, 0.2) is 5.82 Å². The van der Waals surface area contributed by atoms with Gasteiger partial charge in [0.1, 0.15) is 5.82 Å². The molecule has 0 spiro atoms. The average Bonchev–Trinajstić information content (AvgIpc) is 2.73. The average molecular weight is 244 g/mol. The Hall–Kier alpha value is -1.68. The van der Waals surface area contributed by atoms with E-state index in [1.165, 1.54) is 0 Å². The molecule has 0 bridgehead atoms. The van der Waals surface area contributed by atoms with Gasteiger partial charge < -0.3 is 5.32 Å². The fourth-order valence-electron chi connectivity index (χ4n) is 2.16. The van der Waals surface area contributed by atoms with Crippen molar-refractivity contribution in [2.45, 2.75) is 26.3 Å². The molecule has 2 rings (SSSR count). The van der Waals surface area contributed by atoms with E-state index in [1.807, 2.05) is 42.1 Å². The molecular formula is C14H20N4. The highest BCUT2D eigenvalue weighted by Gasteiger charge is 2.25. The molecule has 0 unspecified atom stereocenters. The van der Waals surface area contributed by atoms with Crippen LogP contribution in [0.4, 0.5) is 0 Å².